The molecule has 4 nitrogen and oxygen atoms in total. The first-order chi connectivity index (χ1) is 8.71. The van der Waals surface area contributed by atoms with Gasteiger partial charge in [0.05, 0.1) is 20.3 Å². The average Bonchev–Trinajstić information content (AvgIpc) is 2.38. The Bertz CT molecular complexity index is 424. The molecule has 4 heteroatoms. The van der Waals surface area contributed by atoms with Crippen molar-refractivity contribution in [1.29, 1.82) is 0 Å². The van der Waals surface area contributed by atoms with Gasteiger partial charge in [0.1, 0.15) is 11.5 Å². The van der Waals surface area contributed by atoms with Crippen LogP contribution in [-0.4, -0.2) is 26.3 Å². The standard InChI is InChI=1S/C14H18O4/c1-4-17-13-10-12(16-3)8-6-11(13)7-9-14(15)18-5-2/h6-10H,4-5H2,1-3H3. The van der Waals surface area contributed by atoms with E-state index in [1.54, 1.807) is 26.2 Å². The molecule has 0 N–H and O–H groups in total. The number of benzene rings is 1. The summed E-state index contributed by atoms with van der Waals surface area (Å²) in [6.45, 7) is 4.58. The smallest absolute Gasteiger partial charge is 0.330 e. The summed E-state index contributed by atoms with van der Waals surface area (Å²) in [7, 11) is 1.60. The lowest BCUT2D eigenvalue weighted by molar-refractivity contribution is -0.137. The van der Waals surface area contributed by atoms with Gasteiger partial charge in [-0.1, -0.05) is 0 Å². The lowest BCUT2D eigenvalue weighted by atomic mass is 10.1. The van der Waals surface area contributed by atoms with E-state index in [0.29, 0.717) is 24.7 Å². The van der Waals surface area contributed by atoms with Gasteiger partial charge < -0.3 is 14.2 Å². The largest absolute Gasteiger partial charge is 0.497 e. The third kappa shape index (κ3) is 4.13. The minimum atomic E-state index is -0.365. The lowest BCUT2D eigenvalue weighted by Gasteiger charge is -2.09. The van der Waals surface area contributed by atoms with E-state index in [1.807, 2.05) is 19.1 Å². The zero-order valence-electron chi connectivity index (χ0n) is 10.9. The molecule has 0 aliphatic carbocycles. The third-order valence-corrected chi connectivity index (χ3v) is 2.21. The van der Waals surface area contributed by atoms with E-state index in [-0.39, 0.29) is 5.97 Å². The van der Waals surface area contributed by atoms with Crippen LogP contribution in [0.2, 0.25) is 0 Å². The molecule has 1 rings (SSSR count). The van der Waals surface area contributed by atoms with Crippen molar-refractivity contribution in [3.63, 3.8) is 0 Å². The van der Waals surface area contributed by atoms with Gasteiger partial charge >= 0.3 is 5.97 Å². The average molecular weight is 250 g/mol. The van der Waals surface area contributed by atoms with Gasteiger partial charge in [0.25, 0.3) is 0 Å². The summed E-state index contributed by atoms with van der Waals surface area (Å²) in [4.78, 5) is 11.2. The molecule has 1 aromatic carbocycles. The number of ether oxygens (including phenoxy) is 3. The zero-order chi connectivity index (χ0) is 13.4. The molecule has 0 spiro atoms. The summed E-state index contributed by atoms with van der Waals surface area (Å²) < 4.78 is 15.4. The number of hydrogen-bond donors (Lipinski definition) is 0. The Kier molecular flexibility index (Phi) is 5.77. The van der Waals surface area contributed by atoms with Gasteiger partial charge in [-0.15, -0.1) is 0 Å². The van der Waals surface area contributed by atoms with Crippen molar-refractivity contribution in [2.75, 3.05) is 20.3 Å². The Labute approximate surface area is 107 Å². The van der Waals surface area contributed by atoms with Crippen molar-refractivity contribution in [2.24, 2.45) is 0 Å². The number of methoxy groups -OCH3 is 1. The lowest BCUT2D eigenvalue weighted by Crippen LogP contribution is -1.99. The highest BCUT2D eigenvalue weighted by Crippen LogP contribution is 2.25. The second-order valence-corrected chi connectivity index (χ2v) is 3.42. The maximum Gasteiger partial charge on any atom is 0.330 e. The molecule has 0 amide bonds. The third-order valence-electron chi connectivity index (χ3n) is 2.21. The topological polar surface area (TPSA) is 44.8 Å². The van der Waals surface area contributed by atoms with Gasteiger partial charge in [0, 0.05) is 17.7 Å². The molecule has 0 unspecified atom stereocenters. The van der Waals surface area contributed by atoms with E-state index in [1.165, 1.54) is 6.08 Å². The molecular weight excluding hydrogens is 232 g/mol. The molecule has 1 aromatic rings. The Morgan fingerprint density at radius 1 is 1.28 bits per heavy atom. The second kappa shape index (κ2) is 7.37. The molecule has 0 atom stereocenters. The van der Waals surface area contributed by atoms with Gasteiger partial charge in [-0.05, 0) is 32.1 Å². The summed E-state index contributed by atoms with van der Waals surface area (Å²) in [5.41, 5.74) is 0.811. The van der Waals surface area contributed by atoms with Crippen LogP contribution in [0.25, 0.3) is 6.08 Å². The quantitative estimate of drug-likeness (QED) is 0.575. The molecule has 98 valence electrons. The minimum Gasteiger partial charge on any atom is -0.497 e. The number of hydrogen-bond acceptors (Lipinski definition) is 4. The van der Waals surface area contributed by atoms with Crippen LogP contribution >= 0.6 is 0 Å². The molecule has 0 radical (unpaired) electrons. The van der Waals surface area contributed by atoms with Gasteiger partial charge in [-0.25, -0.2) is 4.79 Å². The van der Waals surface area contributed by atoms with E-state index in [0.717, 1.165) is 5.56 Å². The fourth-order valence-corrected chi connectivity index (χ4v) is 1.41. The highest BCUT2D eigenvalue weighted by molar-refractivity contribution is 5.87. The minimum absolute atomic E-state index is 0.365. The fourth-order valence-electron chi connectivity index (χ4n) is 1.41. The van der Waals surface area contributed by atoms with Crippen LogP contribution in [0.4, 0.5) is 0 Å². The summed E-state index contributed by atoms with van der Waals surface area (Å²) in [5.74, 6) is 1.03. The fraction of sp³-hybridized carbons (Fsp3) is 0.357. The van der Waals surface area contributed by atoms with E-state index in [9.17, 15) is 4.79 Å². The molecule has 0 heterocycles. The predicted molar refractivity (Wildman–Crippen MR) is 69.8 cm³/mol. The Hall–Kier alpha value is -1.97. The van der Waals surface area contributed by atoms with Crippen molar-refractivity contribution in [1.82, 2.24) is 0 Å². The predicted octanol–water partition coefficient (Wildman–Crippen LogP) is 2.67. The maximum atomic E-state index is 11.2. The van der Waals surface area contributed by atoms with Crippen molar-refractivity contribution >= 4 is 12.0 Å². The first-order valence-electron chi connectivity index (χ1n) is 5.87. The summed E-state index contributed by atoms with van der Waals surface area (Å²) in [6.07, 6.45) is 3.05. The summed E-state index contributed by atoms with van der Waals surface area (Å²) in [5, 5.41) is 0. The van der Waals surface area contributed by atoms with Crippen molar-refractivity contribution in [3.8, 4) is 11.5 Å². The molecular formula is C14H18O4. The number of esters is 1. The molecule has 0 aromatic heterocycles. The van der Waals surface area contributed by atoms with Gasteiger partial charge in [-0.2, -0.15) is 0 Å². The summed E-state index contributed by atoms with van der Waals surface area (Å²) in [6, 6.07) is 5.43. The van der Waals surface area contributed by atoms with Gasteiger partial charge in [0.2, 0.25) is 0 Å². The highest BCUT2D eigenvalue weighted by Gasteiger charge is 2.03. The monoisotopic (exact) mass is 250 g/mol. The van der Waals surface area contributed by atoms with Crippen LogP contribution < -0.4 is 9.47 Å². The van der Waals surface area contributed by atoms with Crippen molar-refractivity contribution < 1.29 is 19.0 Å². The van der Waals surface area contributed by atoms with E-state index in [2.05, 4.69) is 0 Å². The normalized spacial score (nSPS) is 10.4. The van der Waals surface area contributed by atoms with E-state index >= 15 is 0 Å². The number of carbonyl (C=O) groups excluding carboxylic acids is 1. The SMILES string of the molecule is CCOC(=O)C=Cc1ccc(OC)cc1OCC. The van der Waals surface area contributed by atoms with Crippen LogP contribution in [0.3, 0.4) is 0 Å². The van der Waals surface area contributed by atoms with E-state index < -0.39 is 0 Å². The van der Waals surface area contributed by atoms with Crippen molar-refractivity contribution in [3.05, 3.63) is 29.8 Å². The van der Waals surface area contributed by atoms with Crippen LogP contribution in [0.1, 0.15) is 19.4 Å². The molecule has 0 bridgehead atoms. The van der Waals surface area contributed by atoms with Crippen LogP contribution in [0.15, 0.2) is 24.3 Å². The molecule has 18 heavy (non-hydrogen) atoms. The molecule has 0 saturated carbocycles. The van der Waals surface area contributed by atoms with Gasteiger partial charge in [-0.3, -0.25) is 0 Å². The molecule has 0 fully saturated rings. The first-order valence-corrected chi connectivity index (χ1v) is 5.87. The van der Waals surface area contributed by atoms with Crippen LogP contribution in [0, 0.1) is 0 Å². The molecule has 0 aliphatic heterocycles. The van der Waals surface area contributed by atoms with E-state index in [4.69, 9.17) is 14.2 Å². The first kappa shape index (κ1) is 14.1. The highest BCUT2D eigenvalue weighted by atomic mass is 16.5. The number of rotatable bonds is 6. The second-order valence-electron chi connectivity index (χ2n) is 3.42. The zero-order valence-corrected chi connectivity index (χ0v) is 10.9. The molecule has 0 saturated heterocycles. The molecule has 0 aliphatic rings. The van der Waals surface area contributed by atoms with Crippen molar-refractivity contribution in [2.45, 2.75) is 13.8 Å². The van der Waals surface area contributed by atoms with Crippen LogP contribution in [0.5, 0.6) is 11.5 Å². The Morgan fingerprint density at radius 2 is 2.06 bits per heavy atom. The summed E-state index contributed by atoms with van der Waals surface area (Å²) >= 11 is 0. The Balaban J connectivity index is 2.89. The van der Waals surface area contributed by atoms with Crippen LogP contribution in [-0.2, 0) is 9.53 Å². The van der Waals surface area contributed by atoms with Gasteiger partial charge in [0.15, 0.2) is 0 Å². The number of carbonyl (C=O) groups is 1. The Morgan fingerprint density at radius 3 is 2.67 bits per heavy atom. The maximum absolute atomic E-state index is 11.2.